The Balaban J connectivity index is 1.80. The molecule has 7 nitrogen and oxygen atoms in total. The lowest BCUT2D eigenvalue weighted by molar-refractivity contribution is 0.337. The molecule has 1 aromatic rings. The topological polar surface area (TPSA) is 75.2 Å². The van der Waals surface area contributed by atoms with Gasteiger partial charge in [-0.25, -0.2) is 0 Å². The fraction of sp³-hybridized carbons (Fsp3) is 0.786. The van der Waals surface area contributed by atoms with Gasteiger partial charge in [-0.2, -0.15) is 15.0 Å². The summed E-state index contributed by atoms with van der Waals surface area (Å²) in [5, 5.41) is 6.41. The number of nitrogens with one attached hydrogen (secondary N) is 2. The van der Waals surface area contributed by atoms with Crippen LogP contribution in [0.4, 0.5) is 11.9 Å². The van der Waals surface area contributed by atoms with E-state index in [1.54, 1.807) is 7.11 Å². The van der Waals surface area contributed by atoms with E-state index in [9.17, 15) is 0 Å². The van der Waals surface area contributed by atoms with Gasteiger partial charge in [-0.3, -0.25) is 0 Å². The van der Waals surface area contributed by atoms with E-state index >= 15 is 0 Å². The lowest BCUT2D eigenvalue weighted by Gasteiger charge is -2.14. The number of methoxy groups -OCH3 is 1. The minimum Gasteiger partial charge on any atom is -0.467 e. The Morgan fingerprint density at radius 2 is 1.71 bits per heavy atom. The predicted molar refractivity (Wildman–Crippen MR) is 83.9 cm³/mol. The Hall–Kier alpha value is -1.63. The van der Waals surface area contributed by atoms with E-state index in [-0.39, 0.29) is 0 Å². The maximum absolute atomic E-state index is 5.11. The normalized spacial score (nSPS) is 15.1. The van der Waals surface area contributed by atoms with Crippen LogP contribution in [-0.4, -0.2) is 59.7 Å². The van der Waals surface area contributed by atoms with Gasteiger partial charge in [-0.1, -0.05) is 6.92 Å². The molecule has 0 radical (unpaired) electrons. The second-order valence-electron chi connectivity index (χ2n) is 5.23. The lowest BCUT2D eigenvalue weighted by atomic mass is 10.4. The van der Waals surface area contributed by atoms with Crippen LogP contribution in [0, 0.1) is 0 Å². The van der Waals surface area contributed by atoms with E-state index in [0.29, 0.717) is 17.9 Å². The van der Waals surface area contributed by atoms with Crippen molar-refractivity contribution in [2.45, 2.75) is 32.6 Å². The molecule has 0 aromatic carbocycles. The van der Waals surface area contributed by atoms with E-state index in [1.165, 1.54) is 25.9 Å². The van der Waals surface area contributed by atoms with Gasteiger partial charge in [0.05, 0.1) is 7.11 Å². The molecule has 118 valence electrons. The van der Waals surface area contributed by atoms with Gasteiger partial charge in [0.1, 0.15) is 0 Å². The summed E-state index contributed by atoms with van der Waals surface area (Å²) >= 11 is 0. The van der Waals surface area contributed by atoms with Crippen LogP contribution in [0.3, 0.4) is 0 Å². The molecule has 1 aliphatic heterocycles. The predicted octanol–water partition coefficient (Wildman–Crippen LogP) is 1.60. The number of likely N-dealkylation sites (tertiary alicyclic amines) is 1. The Bertz CT molecular complexity index is 422. The zero-order valence-electron chi connectivity index (χ0n) is 13.1. The molecule has 1 saturated heterocycles. The third kappa shape index (κ3) is 5.34. The largest absolute Gasteiger partial charge is 0.467 e. The van der Waals surface area contributed by atoms with Gasteiger partial charge in [0.15, 0.2) is 0 Å². The van der Waals surface area contributed by atoms with Crippen LogP contribution >= 0.6 is 0 Å². The van der Waals surface area contributed by atoms with Crippen molar-refractivity contribution < 1.29 is 4.74 Å². The standard InChI is InChI=1S/C14H26N6O/c1-3-7-15-12-17-13(19-14(18-12)21-2)16-8-6-11-20-9-4-5-10-20/h3-11H2,1-2H3,(H2,15,16,17,18,19). The molecule has 2 rings (SSSR count). The first-order valence-corrected chi connectivity index (χ1v) is 7.82. The fourth-order valence-corrected chi connectivity index (χ4v) is 2.35. The molecule has 0 unspecified atom stereocenters. The molecule has 7 heteroatoms. The summed E-state index contributed by atoms with van der Waals surface area (Å²) in [6.07, 6.45) is 4.79. The van der Waals surface area contributed by atoms with Crippen molar-refractivity contribution >= 4 is 11.9 Å². The summed E-state index contributed by atoms with van der Waals surface area (Å²) < 4.78 is 5.11. The highest BCUT2D eigenvalue weighted by molar-refractivity contribution is 5.35. The summed E-state index contributed by atoms with van der Waals surface area (Å²) in [6.45, 7) is 7.41. The average Bonchev–Trinajstić information content (AvgIpc) is 3.02. The van der Waals surface area contributed by atoms with E-state index in [1.807, 2.05) is 0 Å². The maximum Gasteiger partial charge on any atom is 0.322 e. The monoisotopic (exact) mass is 294 g/mol. The molecule has 1 aliphatic rings. The van der Waals surface area contributed by atoms with Crippen molar-refractivity contribution in [1.29, 1.82) is 0 Å². The Labute approximate surface area is 126 Å². The number of hydrogen-bond acceptors (Lipinski definition) is 7. The molecular formula is C14H26N6O. The number of hydrogen-bond donors (Lipinski definition) is 2. The van der Waals surface area contributed by atoms with E-state index < -0.39 is 0 Å². The third-order valence-corrected chi connectivity index (χ3v) is 3.46. The third-order valence-electron chi connectivity index (χ3n) is 3.46. The minimum atomic E-state index is 0.339. The molecule has 0 saturated carbocycles. The summed E-state index contributed by atoms with van der Waals surface area (Å²) in [6, 6.07) is 0.339. The quantitative estimate of drug-likeness (QED) is 0.670. The number of nitrogens with zero attached hydrogens (tertiary/aromatic N) is 4. The molecule has 2 heterocycles. The Morgan fingerprint density at radius 3 is 2.33 bits per heavy atom. The zero-order valence-corrected chi connectivity index (χ0v) is 13.1. The van der Waals surface area contributed by atoms with Gasteiger partial charge >= 0.3 is 6.01 Å². The smallest absolute Gasteiger partial charge is 0.322 e. The molecule has 2 N–H and O–H groups in total. The van der Waals surface area contributed by atoms with E-state index in [2.05, 4.69) is 37.4 Å². The Kier molecular flexibility index (Phi) is 6.46. The fourth-order valence-electron chi connectivity index (χ4n) is 2.35. The van der Waals surface area contributed by atoms with Crippen molar-refractivity contribution in [1.82, 2.24) is 19.9 Å². The molecular weight excluding hydrogens is 268 g/mol. The van der Waals surface area contributed by atoms with Crippen molar-refractivity contribution in [2.75, 3.05) is 50.5 Å². The van der Waals surface area contributed by atoms with Crippen LogP contribution in [0.25, 0.3) is 0 Å². The number of anilines is 2. The van der Waals surface area contributed by atoms with Gasteiger partial charge in [0.25, 0.3) is 0 Å². The molecule has 0 bridgehead atoms. The highest BCUT2D eigenvalue weighted by atomic mass is 16.5. The molecule has 1 fully saturated rings. The average molecular weight is 294 g/mol. The second kappa shape index (κ2) is 8.61. The van der Waals surface area contributed by atoms with Gasteiger partial charge in [-0.05, 0) is 45.3 Å². The first kappa shape index (κ1) is 15.8. The van der Waals surface area contributed by atoms with Crippen LogP contribution in [0.5, 0.6) is 6.01 Å². The maximum atomic E-state index is 5.11. The van der Waals surface area contributed by atoms with E-state index in [4.69, 9.17) is 4.74 Å². The van der Waals surface area contributed by atoms with Crippen LogP contribution < -0.4 is 15.4 Å². The number of rotatable bonds is 9. The first-order valence-electron chi connectivity index (χ1n) is 7.82. The van der Waals surface area contributed by atoms with E-state index in [0.717, 1.165) is 32.5 Å². The van der Waals surface area contributed by atoms with Crippen molar-refractivity contribution in [3.63, 3.8) is 0 Å². The van der Waals surface area contributed by atoms with Crippen LogP contribution in [0.2, 0.25) is 0 Å². The lowest BCUT2D eigenvalue weighted by Crippen LogP contribution is -2.22. The van der Waals surface area contributed by atoms with Crippen molar-refractivity contribution in [2.24, 2.45) is 0 Å². The van der Waals surface area contributed by atoms with Gasteiger partial charge in [0.2, 0.25) is 11.9 Å². The Morgan fingerprint density at radius 1 is 1.05 bits per heavy atom. The SMILES string of the molecule is CCCNc1nc(NCCCN2CCCC2)nc(OC)n1. The van der Waals surface area contributed by atoms with Crippen LogP contribution in [0.1, 0.15) is 32.6 Å². The van der Waals surface area contributed by atoms with Crippen molar-refractivity contribution in [3.05, 3.63) is 0 Å². The molecule has 21 heavy (non-hydrogen) atoms. The van der Waals surface area contributed by atoms with Gasteiger partial charge in [0, 0.05) is 13.1 Å². The van der Waals surface area contributed by atoms with Crippen LogP contribution in [-0.2, 0) is 0 Å². The summed E-state index contributed by atoms with van der Waals surface area (Å²) in [7, 11) is 1.57. The summed E-state index contributed by atoms with van der Waals surface area (Å²) in [5.41, 5.74) is 0. The highest BCUT2D eigenvalue weighted by Crippen LogP contribution is 2.11. The van der Waals surface area contributed by atoms with Crippen LogP contribution in [0.15, 0.2) is 0 Å². The van der Waals surface area contributed by atoms with Gasteiger partial charge in [-0.15, -0.1) is 0 Å². The minimum absolute atomic E-state index is 0.339. The number of aromatic nitrogens is 3. The first-order chi connectivity index (χ1) is 10.3. The zero-order chi connectivity index (χ0) is 14.9. The second-order valence-corrected chi connectivity index (χ2v) is 5.23. The molecule has 0 aliphatic carbocycles. The highest BCUT2D eigenvalue weighted by Gasteiger charge is 2.10. The molecule has 0 spiro atoms. The van der Waals surface area contributed by atoms with Crippen molar-refractivity contribution in [3.8, 4) is 6.01 Å². The summed E-state index contributed by atoms with van der Waals surface area (Å²) in [5.74, 6) is 1.13. The molecule has 0 amide bonds. The number of ether oxygens (including phenoxy) is 1. The van der Waals surface area contributed by atoms with Gasteiger partial charge < -0.3 is 20.3 Å². The molecule has 1 aromatic heterocycles. The summed E-state index contributed by atoms with van der Waals surface area (Å²) in [4.78, 5) is 15.3. The molecule has 0 atom stereocenters.